The number of fused-ring (bicyclic) bond motifs is 1. The van der Waals surface area contributed by atoms with Crippen molar-refractivity contribution >= 4 is 27.3 Å². The van der Waals surface area contributed by atoms with Gasteiger partial charge < -0.3 is 14.6 Å². The van der Waals surface area contributed by atoms with Crippen LogP contribution in [0.15, 0.2) is 48.8 Å². The first kappa shape index (κ1) is 28.2. The Labute approximate surface area is 247 Å². The van der Waals surface area contributed by atoms with Crippen LogP contribution >= 0.6 is 0 Å². The van der Waals surface area contributed by atoms with Gasteiger partial charge in [-0.1, -0.05) is 31.2 Å². The number of nitrogens with one attached hydrogen (secondary N) is 1. The minimum Gasteiger partial charge on any atom is -0.496 e. The van der Waals surface area contributed by atoms with Crippen molar-refractivity contribution in [2.45, 2.75) is 51.2 Å². The molecule has 0 spiro atoms. The average molecular weight is 584 g/mol. The topological polar surface area (TPSA) is 101 Å². The van der Waals surface area contributed by atoms with E-state index in [1.54, 1.807) is 13.4 Å². The van der Waals surface area contributed by atoms with E-state index in [4.69, 9.17) is 14.7 Å². The predicted octanol–water partition coefficient (Wildman–Crippen LogP) is 5.69. The van der Waals surface area contributed by atoms with Gasteiger partial charge in [-0.2, -0.15) is 0 Å². The molecular formula is C33H37N5O3S. The number of H-pyrrole nitrogens is 1. The number of allylic oxidation sites excluding steroid dienone is 1. The lowest BCUT2D eigenvalue weighted by Crippen LogP contribution is -2.42. The highest BCUT2D eigenvalue weighted by Gasteiger charge is 2.36. The number of benzene rings is 2. The number of rotatable bonds is 7. The SMILES string of the molecule is COc1ccc(-c2nc(C3(C)CCN(c4ncnc5c4C=C(c4ccc(CS(C)(=O)=O)cc4)C5)CC3)[nH]c2C)cc1C. The molecule has 218 valence electrons. The fourth-order valence-electron chi connectivity index (χ4n) is 6.17. The lowest BCUT2D eigenvalue weighted by atomic mass is 9.79. The number of methoxy groups -OCH3 is 1. The van der Waals surface area contributed by atoms with Crippen molar-refractivity contribution in [1.82, 2.24) is 19.9 Å². The highest BCUT2D eigenvalue weighted by Crippen LogP contribution is 2.40. The summed E-state index contributed by atoms with van der Waals surface area (Å²) in [6.45, 7) is 8.21. The second-order valence-corrected chi connectivity index (χ2v) is 14.1. The number of imidazole rings is 1. The van der Waals surface area contributed by atoms with Crippen LogP contribution in [0.5, 0.6) is 5.75 Å². The van der Waals surface area contributed by atoms with E-state index in [0.29, 0.717) is 0 Å². The van der Waals surface area contributed by atoms with Gasteiger partial charge in [-0.25, -0.2) is 23.4 Å². The van der Waals surface area contributed by atoms with E-state index in [1.165, 1.54) is 11.8 Å². The normalized spacial score (nSPS) is 16.3. The van der Waals surface area contributed by atoms with Crippen LogP contribution in [0.3, 0.4) is 0 Å². The Morgan fingerprint density at radius 3 is 2.40 bits per heavy atom. The summed E-state index contributed by atoms with van der Waals surface area (Å²) in [5, 5.41) is 0. The number of hydrogen-bond acceptors (Lipinski definition) is 7. The minimum absolute atomic E-state index is 0.0517. The quantitative estimate of drug-likeness (QED) is 0.298. The van der Waals surface area contributed by atoms with E-state index in [1.807, 2.05) is 30.3 Å². The number of aromatic amines is 1. The number of nitrogens with zero attached hydrogens (tertiary/aromatic N) is 4. The summed E-state index contributed by atoms with van der Waals surface area (Å²) in [5.74, 6) is 2.95. The van der Waals surface area contributed by atoms with Crippen LogP contribution in [0.1, 0.15) is 59.2 Å². The molecule has 3 heterocycles. The molecule has 2 aromatic heterocycles. The van der Waals surface area contributed by atoms with Gasteiger partial charge in [0.2, 0.25) is 0 Å². The first-order valence-electron chi connectivity index (χ1n) is 14.3. The number of aromatic nitrogens is 4. The van der Waals surface area contributed by atoms with Crippen LogP contribution in [0.4, 0.5) is 5.82 Å². The van der Waals surface area contributed by atoms with Gasteiger partial charge in [0.05, 0.1) is 24.3 Å². The average Bonchev–Trinajstić information content (AvgIpc) is 3.57. The van der Waals surface area contributed by atoms with Crippen LogP contribution in [-0.4, -0.2) is 54.8 Å². The fourth-order valence-corrected chi connectivity index (χ4v) is 6.97. The summed E-state index contributed by atoms with van der Waals surface area (Å²) in [7, 11) is -1.37. The van der Waals surface area contributed by atoms with Gasteiger partial charge in [0.25, 0.3) is 0 Å². The monoisotopic (exact) mass is 583 g/mol. The second kappa shape index (κ2) is 10.7. The zero-order valence-corrected chi connectivity index (χ0v) is 25.7. The molecule has 2 aliphatic rings. The molecule has 42 heavy (non-hydrogen) atoms. The standard InChI is InChI=1S/C33H37N5O3S/c1-21-16-25(10-11-29(21)41-4)30-22(2)36-32(37-30)33(3)12-14-38(15-13-33)31-27-17-26(18-28(27)34-20-35-31)24-8-6-23(7-9-24)19-42(5,39)40/h6-11,16-17,20H,12-15,18-19H2,1-5H3,(H,36,37). The van der Waals surface area contributed by atoms with E-state index < -0.39 is 9.84 Å². The Hall–Kier alpha value is -3.98. The predicted molar refractivity (Wildman–Crippen MR) is 167 cm³/mol. The van der Waals surface area contributed by atoms with E-state index in [0.717, 1.165) is 94.6 Å². The van der Waals surface area contributed by atoms with E-state index in [-0.39, 0.29) is 11.2 Å². The molecule has 1 fully saturated rings. The van der Waals surface area contributed by atoms with Gasteiger partial charge in [-0.15, -0.1) is 0 Å². The third kappa shape index (κ3) is 5.45. The van der Waals surface area contributed by atoms with Gasteiger partial charge in [0.15, 0.2) is 9.84 Å². The highest BCUT2D eigenvalue weighted by molar-refractivity contribution is 7.89. The van der Waals surface area contributed by atoms with E-state index in [2.05, 4.69) is 53.8 Å². The molecule has 1 aliphatic heterocycles. The first-order valence-corrected chi connectivity index (χ1v) is 16.4. The van der Waals surface area contributed by atoms with E-state index >= 15 is 0 Å². The highest BCUT2D eigenvalue weighted by atomic mass is 32.2. The molecule has 0 saturated carbocycles. The van der Waals surface area contributed by atoms with Gasteiger partial charge in [0, 0.05) is 48.0 Å². The summed E-state index contributed by atoms with van der Waals surface area (Å²) in [6.07, 6.45) is 7.78. The van der Waals surface area contributed by atoms with Gasteiger partial charge in [0.1, 0.15) is 23.7 Å². The lowest BCUT2D eigenvalue weighted by molar-refractivity contribution is 0.345. The van der Waals surface area contributed by atoms with Crippen molar-refractivity contribution in [2.24, 2.45) is 0 Å². The molecule has 2 aromatic carbocycles. The molecule has 0 unspecified atom stereocenters. The molecule has 0 atom stereocenters. The summed E-state index contributed by atoms with van der Waals surface area (Å²) in [6, 6.07) is 14.0. The number of sulfone groups is 1. The van der Waals surface area contributed by atoms with Crippen LogP contribution in [0, 0.1) is 13.8 Å². The minimum atomic E-state index is -3.06. The third-order valence-corrected chi connectivity index (χ3v) is 9.52. The lowest BCUT2D eigenvalue weighted by Gasteiger charge is -2.39. The maximum Gasteiger partial charge on any atom is 0.151 e. The molecule has 0 bridgehead atoms. The zero-order chi connectivity index (χ0) is 29.6. The Bertz CT molecular complexity index is 1780. The van der Waals surface area contributed by atoms with Crippen molar-refractivity contribution in [3.63, 3.8) is 0 Å². The van der Waals surface area contributed by atoms with Crippen molar-refractivity contribution < 1.29 is 13.2 Å². The maximum atomic E-state index is 11.7. The van der Waals surface area contributed by atoms with Gasteiger partial charge >= 0.3 is 0 Å². The van der Waals surface area contributed by atoms with Crippen molar-refractivity contribution in [1.29, 1.82) is 0 Å². The Morgan fingerprint density at radius 2 is 1.74 bits per heavy atom. The molecule has 4 aromatic rings. The van der Waals surface area contributed by atoms with Gasteiger partial charge in [-0.3, -0.25) is 0 Å². The molecule has 1 N–H and O–H groups in total. The largest absolute Gasteiger partial charge is 0.496 e. The molecule has 1 saturated heterocycles. The molecule has 9 heteroatoms. The van der Waals surface area contributed by atoms with Crippen LogP contribution in [0.2, 0.25) is 0 Å². The Balaban J connectivity index is 1.19. The van der Waals surface area contributed by atoms with Crippen molar-refractivity contribution in [3.8, 4) is 17.0 Å². The summed E-state index contributed by atoms with van der Waals surface area (Å²) < 4.78 is 28.8. The summed E-state index contributed by atoms with van der Waals surface area (Å²) in [4.78, 5) is 20.4. The first-order chi connectivity index (χ1) is 20.0. The number of anilines is 1. The third-order valence-electron chi connectivity index (χ3n) is 8.67. The van der Waals surface area contributed by atoms with Crippen molar-refractivity contribution in [2.75, 3.05) is 31.4 Å². The van der Waals surface area contributed by atoms with Crippen LogP contribution in [0.25, 0.3) is 22.9 Å². The van der Waals surface area contributed by atoms with Gasteiger partial charge in [-0.05, 0) is 73.2 Å². The van der Waals surface area contributed by atoms with Crippen LogP contribution in [-0.2, 0) is 27.4 Å². The number of aryl methyl sites for hydroxylation is 2. The van der Waals surface area contributed by atoms with Crippen molar-refractivity contribution in [3.05, 3.63) is 88.3 Å². The molecule has 6 rings (SSSR count). The molecule has 0 radical (unpaired) electrons. The smallest absolute Gasteiger partial charge is 0.151 e. The number of hydrogen-bond donors (Lipinski definition) is 1. The maximum absolute atomic E-state index is 11.7. The summed E-state index contributed by atoms with van der Waals surface area (Å²) in [5.41, 5.74) is 9.37. The Kier molecular flexibility index (Phi) is 7.17. The molecule has 8 nitrogen and oxygen atoms in total. The van der Waals surface area contributed by atoms with Crippen LogP contribution < -0.4 is 9.64 Å². The second-order valence-electron chi connectivity index (χ2n) is 12.0. The van der Waals surface area contributed by atoms with E-state index in [9.17, 15) is 8.42 Å². The molecule has 0 amide bonds. The zero-order valence-electron chi connectivity index (χ0n) is 24.9. The molecular weight excluding hydrogens is 546 g/mol. The number of ether oxygens (including phenoxy) is 1. The molecule has 1 aliphatic carbocycles. The summed E-state index contributed by atoms with van der Waals surface area (Å²) >= 11 is 0. The number of piperidine rings is 1. The Morgan fingerprint density at radius 1 is 1.02 bits per heavy atom. The fraction of sp³-hybridized carbons (Fsp3) is 0.364.